The third-order valence-electron chi connectivity index (χ3n) is 3.50. The van der Waals surface area contributed by atoms with E-state index in [1.54, 1.807) is 0 Å². The van der Waals surface area contributed by atoms with E-state index in [9.17, 15) is 0 Å². The fraction of sp³-hybridized carbons (Fsp3) is 0.238. The molecule has 0 fully saturated rings. The van der Waals surface area contributed by atoms with Gasteiger partial charge in [0.05, 0.1) is 5.92 Å². The predicted octanol–water partition coefficient (Wildman–Crippen LogP) is 6.90. The van der Waals surface area contributed by atoms with E-state index in [2.05, 4.69) is 18.8 Å². The van der Waals surface area contributed by atoms with E-state index in [0.717, 1.165) is 40.4 Å². The van der Waals surface area contributed by atoms with E-state index in [0.29, 0.717) is 0 Å². The molecule has 0 saturated heterocycles. The van der Waals surface area contributed by atoms with Crippen molar-refractivity contribution in [1.82, 2.24) is 0 Å². The average molecular weight is 343 g/mol. The van der Waals surface area contributed by atoms with E-state index in [1.165, 1.54) is 0 Å². The van der Waals surface area contributed by atoms with Crippen LogP contribution in [0, 0.1) is 11.8 Å². The Kier molecular flexibility index (Phi) is 7.27. The molecular formula is C21H20Cl2. The largest absolute Gasteiger partial charge is 0.102 e. The second-order valence-electron chi connectivity index (χ2n) is 5.33. The molecule has 0 bridgehead atoms. The van der Waals surface area contributed by atoms with Crippen LogP contribution in [-0.2, 0) is 0 Å². The van der Waals surface area contributed by atoms with Gasteiger partial charge in [0.1, 0.15) is 0 Å². The summed E-state index contributed by atoms with van der Waals surface area (Å²) in [7, 11) is 0. The van der Waals surface area contributed by atoms with Gasteiger partial charge in [-0.15, -0.1) is 5.92 Å². The Bertz CT molecular complexity index is 688. The highest BCUT2D eigenvalue weighted by molar-refractivity contribution is 6.48. The lowest BCUT2D eigenvalue weighted by molar-refractivity contribution is 0.827. The molecule has 2 aromatic carbocycles. The minimum atomic E-state index is -0.0307. The van der Waals surface area contributed by atoms with Crippen molar-refractivity contribution < 1.29 is 0 Å². The highest BCUT2D eigenvalue weighted by Crippen LogP contribution is 2.26. The molecule has 0 nitrogen and oxygen atoms in total. The van der Waals surface area contributed by atoms with Crippen LogP contribution in [0.25, 0.3) is 5.03 Å². The number of rotatable bonds is 5. The highest BCUT2D eigenvalue weighted by atomic mass is 35.5. The Morgan fingerprint density at radius 2 is 1.78 bits per heavy atom. The van der Waals surface area contributed by atoms with Gasteiger partial charge in [0, 0.05) is 16.5 Å². The van der Waals surface area contributed by atoms with Gasteiger partial charge in [-0.25, -0.2) is 0 Å². The Labute approximate surface area is 149 Å². The third-order valence-corrected chi connectivity index (χ3v) is 4.10. The van der Waals surface area contributed by atoms with Gasteiger partial charge in [0.15, 0.2) is 0 Å². The van der Waals surface area contributed by atoms with Crippen molar-refractivity contribution in [3.05, 3.63) is 76.8 Å². The molecule has 0 N–H and O–H groups in total. The van der Waals surface area contributed by atoms with Crippen molar-refractivity contribution in [1.29, 1.82) is 0 Å². The molecule has 1 unspecified atom stereocenters. The molecule has 2 aromatic rings. The summed E-state index contributed by atoms with van der Waals surface area (Å²) in [6, 6.07) is 17.7. The molecule has 0 saturated carbocycles. The number of halogens is 2. The maximum Gasteiger partial charge on any atom is 0.0650 e. The Hall–Kier alpha value is -1.68. The lowest BCUT2D eigenvalue weighted by atomic mass is 9.98. The van der Waals surface area contributed by atoms with Gasteiger partial charge in [-0.3, -0.25) is 0 Å². The van der Waals surface area contributed by atoms with Crippen LogP contribution in [0.3, 0.4) is 0 Å². The minimum Gasteiger partial charge on any atom is -0.102 e. The van der Waals surface area contributed by atoms with E-state index in [4.69, 9.17) is 23.2 Å². The first-order valence-corrected chi connectivity index (χ1v) is 8.63. The molecule has 2 rings (SSSR count). The van der Waals surface area contributed by atoms with Gasteiger partial charge in [0.2, 0.25) is 0 Å². The molecule has 2 heteroatoms. The molecule has 118 valence electrons. The Morgan fingerprint density at radius 1 is 1.09 bits per heavy atom. The fourth-order valence-electron chi connectivity index (χ4n) is 2.18. The van der Waals surface area contributed by atoms with Gasteiger partial charge >= 0.3 is 0 Å². The maximum atomic E-state index is 6.49. The number of unbranched alkanes of at least 4 members (excludes halogenated alkanes) is 2. The van der Waals surface area contributed by atoms with E-state index < -0.39 is 0 Å². The molecule has 0 aromatic heterocycles. The van der Waals surface area contributed by atoms with Gasteiger partial charge in [-0.1, -0.05) is 84.9 Å². The summed E-state index contributed by atoms with van der Waals surface area (Å²) in [6.07, 6.45) is 5.20. The quantitative estimate of drug-likeness (QED) is 0.409. The second-order valence-corrected chi connectivity index (χ2v) is 6.18. The van der Waals surface area contributed by atoms with Crippen LogP contribution < -0.4 is 0 Å². The van der Waals surface area contributed by atoms with Crippen molar-refractivity contribution in [3.8, 4) is 11.8 Å². The first kappa shape index (κ1) is 17.7. The van der Waals surface area contributed by atoms with Crippen LogP contribution in [0.1, 0.15) is 43.2 Å². The summed E-state index contributed by atoms with van der Waals surface area (Å²) in [5.74, 6) is 6.58. The molecule has 0 aliphatic carbocycles. The molecule has 0 radical (unpaired) electrons. The molecule has 1 atom stereocenters. The normalized spacial score (nSPS) is 12.4. The molecule has 0 spiro atoms. The number of hydrogen-bond acceptors (Lipinski definition) is 0. The van der Waals surface area contributed by atoms with Crippen LogP contribution in [0.5, 0.6) is 0 Å². The summed E-state index contributed by atoms with van der Waals surface area (Å²) in [5, 5.41) is 1.44. The van der Waals surface area contributed by atoms with E-state index in [-0.39, 0.29) is 5.92 Å². The zero-order valence-electron chi connectivity index (χ0n) is 13.2. The van der Waals surface area contributed by atoms with Crippen molar-refractivity contribution >= 4 is 28.2 Å². The first-order valence-electron chi connectivity index (χ1n) is 7.87. The van der Waals surface area contributed by atoms with Crippen LogP contribution in [0.4, 0.5) is 0 Å². The van der Waals surface area contributed by atoms with Crippen molar-refractivity contribution in [2.75, 3.05) is 0 Å². The lowest BCUT2D eigenvalue weighted by Gasteiger charge is -2.08. The summed E-state index contributed by atoms with van der Waals surface area (Å²) in [6.45, 7) is 2.17. The summed E-state index contributed by atoms with van der Waals surface area (Å²) in [5.41, 5.74) is 2.11. The first-order chi connectivity index (χ1) is 11.2. The zero-order chi connectivity index (χ0) is 16.5. The maximum absolute atomic E-state index is 6.49. The topological polar surface area (TPSA) is 0 Å². The molecule has 0 heterocycles. The van der Waals surface area contributed by atoms with Gasteiger partial charge < -0.3 is 0 Å². The SMILES string of the molecule is CCCCC#CC(/C=C(/Cl)c1ccccc1)c1ccc(Cl)cc1. The number of hydrogen-bond donors (Lipinski definition) is 0. The highest BCUT2D eigenvalue weighted by Gasteiger charge is 2.08. The summed E-state index contributed by atoms with van der Waals surface area (Å²) in [4.78, 5) is 0. The third kappa shape index (κ3) is 5.79. The molecule has 0 amide bonds. The van der Waals surface area contributed by atoms with Crippen LogP contribution in [0.2, 0.25) is 5.02 Å². The van der Waals surface area contributed by atoms with Gasteiger partial charge in [-0.05, 0) is 35.8 Å². The fourth-order valence-corrected chi connectivity index (χ4v) is 2.56. The molecular weight excluding hydrogens is 323 g/mol. The Morgan fingerprint density at radius 3 is 2.43 bits per heavy atom. The summed E-state index contributed by atoms with van der Waals surface area (Å²) < 4.78 is 0. The minimum absolute atomic E-state index is 0.0307. The van der Waals surface area contributed by atoms with Crippen LogP contribution >= 0.6 is 23.2 Å². The smallest absolute Gasteiger partial charge is 0.0650 e. The van der Waals surface area contributed by atoms with Gasteiger partial charge in [0.25, 0.3) is 0 Å². The van der Waals surface area contributed by atoms with E-state index in [1.807, 2.05) is 60.7 Å². The van der Waals surface area contributed by atoms with E-state index >= 15 is 0 Å². The Balaban J connectivity index is 2.28. The lowest BCUT2D eigenvalue weighted by Crippen LogP contribution is -1.93. The monoisotopic (exact) mass is 342 g/mol. The predicted molar refractivity (Wildman–Crippen MR) is 102 cm³/mol. The average Bonchev–Trinajstić information content (AvgIpc) is 2.59. The van der Waals surface area contributed by atoms with Crippen LogP contribution in [-0.4, -0.2) is 0 Å². The van der Waals surface area contributed by atoms with Crippen molar-refractivity contribution in [2.24, 2.45) is 0 Å². The zero-order valence-corrected chi connectivity index (χ0v) is 14.7. The van der Waals surface area contributed by atoms with Crippen molar-refractivity contribution in [3.63, 3.8) is 0 Å². The van der Waals surface area contributed by atoms with Gasteiger partial charge in [-0.2, -0.15) is 0 Å². The van der Waals surface area contributed by atoms with Crippen molar-refractivity contribution in [2.45, 2.75) is 32.1 Å². The standard InChI is InChI=1S/C21H20Cl2/c1-2-3-4-6-11-19(17-12-14-20(22)15-13-17)16-21(23)18-9-7-5-8-10-18/h5,7-10,12-16,19H,2-4H2,1H3/b21-16+. The second kappa shape index (κ2) is 9.46. The molecule has 23 heavy (non-hydrogen) atoms. The molecule has 0 aliphatic heterocycles. The van der Waals surface area contributed by atoms with Crippen LogP contribution in [0.15, 0.2) is 60.7 Å². The molecule has 0 aliphatic rings. The number of allylic oxidation sites excluding steroid dienone is 1. The summed E-state index contributed by atoms with van der Waals surface area (Å²) >= 11 is 12.5. The number of benzene rings is 2.